The van der Waals surface area contributed by atoms with Gasteiger partial charge in [0.2, 0.25) is 0 Å². The number of nitriles is 1. The Morgan fingerprint density at radius 2 is 1.57 bits per heavy atom. The molecule has 0 radical (unpaired) electrons. The Labute approximate surface area is 124 Å². The SMILES string of the molecule is N#C[C@@H](NCc1ccccc1)c1cccc2ccccc12. The van der Waals surface area contributed by atoms with E-state index in [1.165, 1.54) is 5.56 Å². The predicted octanol–water partition coefficient (Wildman–Crippen LogP) is 4.19. The maximum atomic E-state index is 9.50. The fraction of sp³-hybridized carbons (Fsp3) is 0.105. The molecular formula is C19H16N2. The molecule has 0 saturated carbocycles. The van der Waals surface area contributed by atoms with Gasteiger partial charge in [-0.15, -0.1) is 0 Å². The van der Waals surface area contributed by atoms with E-state index < -0.39 is 0 Å². The number of benzene rings is 3. The van der Waals surface area contributed by atoms with Gasteiger partial charge in [-0.3, -0.25) is 5.32 Å². The van der Waals surface area contributed by atoms with Crippen molar-refractivity contribution in [3.63, 3.8) is 0 Å². The van der Waals surface area contributed by atoms with Crippen LogP contribution in [0.2, 0.25) is 0 Å². The lowest BCUT2D eigenvalue weighted by molar-refractivity contribution is 0.634. The zero-order valence-electron chi connectivity index (χ0n) is 11.7. The lowest BCUT2D eigenvalue weighted by Gasteiger charge is -2.14. The first kappa shape index (κ1) is 13.4. The van der Waals surface area contributed by atoms with Gasteiger partial charge in [-0.2, -0.15) is 5.26 Å². The molecule has 3 rings (SSSR count). The third-order valence-electron chi connectivity index (χ3n) is 3.62. The molecule has 2 heteroatoms. The highest BCUT2D eigenvalue weighted by atomic mass is 14.9. The Bertz CT molecular complexity index is 767. The van der Waals surface area contributed by atoms with Crippen LogP contribution in [0.3, 0.4) is 0 Å². The van der Waals surface area contributed by atoms with E-state index in [9.17, 15) is 5.26 Å². The maximum Gasteiger partial charge on any atom is 0.122 e. The first-order chi connectivity index (χ1) is 10.4. The Hall–Kier alpha value is -2.63. The predicted molar refractivity (Wildman–Crippen MR) is 85.6 cm³/mol. The van der Waals surface area contributed by atoms with Gasteiger partial charge in [-0.1, -0.05) is 72.8 Å². The summed E-state index contributed by atoms with van der Waals surface area (Å²) in [6, 6.07) is 26.5. The van der Waals surface area contributed by atoms with Crippen LogP contribution in [0, 0.1) is 11.3 Å². The monoisotopic (exact) mass is 272 g/mol. The van der Waals surface area contributed by atoms with Gasteiger partial charge in [0, 0.05) is 6.54 Å². The van der Waals surface area contributed by atoms with Crippen LogP contribution in [-0.4, -0.2) is 0 Å². The number of hydrogen-bond donors (Lipinski definition) is 1. The largest absolute Gasteiger partial charge is 0.294 e. The molecule has 1 N–H and O–H groups in total. The standard InChI is InChI=1S/C19H16N2/c20-13-19(21-14-15-7-2-1-3-8-15)18-12-6-10-16-9-4-5-11-17(16)18/h1-12,19,21H,14H2/t19-/m1/s1. The molecule has 1 atom stereocenters. The molecule has 102 valence electrons. The fourth-order valence-corrected chi connectivity index (χ4v) is 2.54. The molecule has 21 heavy (non-hydrogen) atoms. The smallest absolute Gasteiger partial charge is 0.122 e. The van der Waals surface area contributed by atoms with Crippen molar-refractivity contribution in [2.75, 3.05) is 0 Å². The molecule has 0 bridgehead atoms. The van der Waals surface area contributed by atoms with Crippen molar-refractivity contribution in [3.8, 4) is 6.07 Å². The van der Waals surface area contributed by atoms with Gasteiger partial charge in [0.25, 0.3) is 0 Å². The van der Waals surface area contributed by atoms with Gasteiger partial charge < -0.3 is 0 Å². The second-order valence-electron chi connectivity index (χ2n) is 5.00. The Morgan fingerprint density at radius 3 is 2.38 bits per heavy atom. The minimum atomic E-state index is -0.309. The molecule has 0 aromatic heterocycles. The first-order valence-corrected chi connectivity index (χ1v) is 7.03. The van der Waals surface area contributed by atoms with E-state index in [1.807, 2.05) is 42.5 Å². The van der Waals surface area contributed by atoms with E-state index >= 15 is 0 Å². The minimum Gasteiger partial charge on any atom is -0.294 e. The van der Waals surface area contributed by atoms with Gasteiger partial charge >= 0.3 is 0 Å². The topological polar surface area (TPSA) is 35.8 Å². The second kappa shape index (κ2) is 6.21. The van der Waals surface area contributed by atoms with Crippen LogP contribution in [0.5, 0.6) is 0 Å². The molecule has 0 amide bonds. The van der Waals surface area contributed by atoms with E-state index in [0.717, 1.165) is 16.3 Å². The summed E-state index contributed by atoms with van der Waals surface area (Å²) in [7, 11) is 0. The van der Waals surface area contributed by atoms with Crippen LogP contribution in [0.1, 0.15) is 17.2 Å². The zero-order chi connectivity index (χ0) is 14.5. The van der Waals surface area contributed by atoms with Gasteiger partial charge in [0.05, 0.1) is 6.07 Å². The van der Waals surface area contributed by atoms with Crippen molar-refractivity contribution < 1.29 is 0 Å². The van der Waals surface area contributed by atoms with Crippen LogP contribution in [0.15, 0.2) is 72.8 Å². The summed E-state index contributed by atoms with van der Waals surface area (Å²) in [6.45, 7) is 0.683. The van der Waals surface area contributed by atoms with E-state index in [1.54, 1.807) is 0 Å². The van der Waals surface area contributed by atoms with Crippen molar-refractivity contribution in [2.24, 2.45) is 0 Å². The van der Waals surface area contributed by atoms with Crippen LogP contribution in [-0.2, 0) is 6.54 Å². The number of hydrogen-bond acceptors (Lipinski definition) is 2. The molecule has 0 saturated heterocycles. The van der Waals surface area contributed by atoms with Crippen LogP contribution < -0.4 is 5.32 Å². The average molecular weight is 272 g/mol. The van der Waals surface area contributed by atoms with Crippen molar-refractivity contribution in [1.29, 1.82) is 5.26 Å². The highest BCUT2D eigenvalue weighted by molar-refractivity contribution is 5.86. The Balaban J connectivity index is 1.87. The third kappa shape index (κ3) is 2.94. The van der Waals surface area contributed by atoms with E-state index in [4.69, 9.17) is 0 Å². The molecular weight excluding hydrogens is 256 g/mol. The van der Waals surface area contributed by atoms with Gasteiger partial charge in [0.15, 0.2) is 0 Å². The number of rotatable bonds is 4. The summed E-state index contributed by atoms with van der Waals surface area (Å²) in [5, 5.41) is 15.1. The van der Waals surface area contributed by atoms with Gasteiger partial charge in [-0.25, -0.2) is 0 Å². The Morgan fingerprint density at radius 1 is 0.857 bits per heavy atom. The van der Waals surface area contributed by atoms with Crippen molar-refractivity contribution in [2.45, 2.75) is 12.6 Å². The van der Waals surface area contributed by atoms with Crippen molar-refractivity contribution >= 4 is 10.8 Å². The van der Waals surface area contributed by atoms with Crippen molar-refractivity contribution in [3.05, 3.63) is 83.9 Å². The molecule has 2 nitrogen and oxygen atoms in total. The van der Waals surface area contributed by atoms with E-state index in [2.05, 4.69) is 41.7 Å². The summed E-state index contributed by atoms with van der Waals surface area (Å²) in [5.41, 5.74) is 2.21. The summed E-state index contributed by atoms with van der Waals surface area (Å²) < 4.78 is 0. The summed E-state index contributed by atoms with van der Waals surface area (Å²) in [6.07, 6.45) is 0. The Kier molecular flexibility index (Phi) is 3.95. The molecule has 0 aliphatic heterocycles. The summed E-state index contributed by atoms with van der Waals surface area (Å²) in [5.74, 6) is 0. The first-order valence-electron chi connectivity index (χ1n) is 7.03. The zero-order valence-corrected chi connectivity index (χ0v) is 11.7. The lowest BCUT2D eigenvalue weighted by atomic mass is 9.99. The number of fused-ring (bicyclic) bond motifs is 1. The van der Waals surface area contributed by atoms with Gasteiger partial charge in [0.1, 0.15) is 6.04 Å². The van der Waals surface area contributed by atoms with Crippen LogP contribution >= 0.6 is 0 Å². The molecule has 0 fully saturated rings. The van der Waals surface area contributed by atoms with Gasteiger partial charge in [-0.05, 0) is 21.9 Å². The summed E-state index contributed by atoms with van der Waals surface area (Å²) >= 11 is 0. The highest BCUT2D eigenvalue weighted by Crippen LogP contribution is 2.24. The van der Waals surface area contributed by atoms with Crippen LogP contribution in [0.4, 0.5) is 0 Å². The molecule has 3 aromatic carbocycles. The van der Waals surface area contributed by atoms with E-state index in [-0.39, 0.29) is 6.04 Å². The maximum absolute atomic E-state index is 9.50. The second-order valence-corrected chi connectivity index (χ2v) is 5.00. The normalized spacial score (nSPS) is 12.0. The van der Waals surface area contributed by atoms with Crippen LogP contribution in [0.25, 0.3) is 10.8 Å². The minimum absolute atomic E-state index is 0.309. The highest BCUT2D eigenvalue weighted by Gasteiger charge is 2.12. The quantitative estimate of drug-likeness (QED) is 0.772. The summed E-state index contributed by atoms with van der Waals surface area (Å²) in [4.78, 5) is 0. The molecule has 0 unspecified atom stereocenters. The lowest BCUT2D eigenvalue weighted by Crippen LogP contribution is -2.19. The van der Waals surface area contributed by atoms with E-state index in [0.29, 0.717) is 6.54 Å². The fourth-order valence-electron chi connectivity index (χ4n) is 2.54. The number of nitrogens with zero attached hydrogens (tertiary/aromatic N) is 1. The molecule has 0 spiro atoms. The third-order valence-corrected chi connectivity index (χ3v) is 3.62. The average Bonchev–Trinajstić information content (AvgIpc) is 2.56. The van der Waals surface area contributed by atoms with Crippen molar-refractivity contribution in [1.82, 2.24) is 5.32 Å². The molecule has 0 aliphatic rings. The molecule has 3 aromatic rings. The molecule has 0 heterocycles. The number of nitrogens with one attached hydrogen (secondary N) is 1. The molecule has 0 aliphatic carbocycles.